The number of nitrogens with zero attached hydrogens (tertiary/aromatic N) is 1. The highest BCUT2D eigenvalue weighted by molar-refractivity contribution is 6.32. The molecule has 6 nitrogen and oxygen atoms in total. The molecule has 2 aromatic rings. The Balaban J connectivity index is 1.38. The van der Waals surface area contributed by atoms with Crippen LogP contribution in [0.3, 0.4) is 0 Å². The van der Waals surface area contributed by atoms with Gasteiger partial charge in [0, 0.05) is 25.2 Å². The lowest BCUT2D eigenvalue weighted by atomic mass is 9.97. The SMILES string of the molecule is O=C(O)C1CCCN(CC2=Cc3c(F)cc(OCc4ccc(OC(CF)CF)c(Cl)c4)cc3OC2)C1. The maximum Gasteiger partial charge on any atom is 0.307 e. The van der Waals surface area contributed by atoms with Crippen molar-refractivity contribution in [3.63, 3.8) is 0 Å². The number of carboxylic acids is 1. The summed E-state index contributed by atoms with van der Waals surface area (Å²) in [5.41, 5.74) is 1.86. The van der Waals surface area contributed by atoms with Crippen LogP contribution in [0.5, 0.6) is 17.2 Å². The monoisotopic (exact) mass is 525 g/mol. The van der Waals surface area contributed by atoms with E-state index in [4.69, 9.17) is 25.8 Å². The fraction of sp³-hybridized carbons (Fsp3) is 0.423. The number of aliphatic carboxylic acids is 1. The summed E-state index contributed by atoms with van der Waals surface area (Å²) in [6.07, 6.45) is 2.03. The van der Waals surface area contributed by atoms with Gasteiger partial charge in [-0.2, -0.15) is 0 Å². The molecule has 0 saturated carbocycles. The van der Waals surface area contributed by atoms with Gasteiger partial charge in [0.25, 0.3) is 0 Å². The zero-order chi connectivity index (χ0) is 25.7. The van der Waals surface area contributed by atoms with Crippen LogP contribution in [-0.4, -0.2) is 61.7 Å². The molecule has 1 fully saturated rings. The highest BCUT2D eigenvalue weighted by Crippen LogP contribution is 2.34. The molecule has 2 heterocycles. The Bertz CT molecular complexity index is 1120. The van der Waals surface area contributed by atoms with E-state index in [0.29, 0.717) is 36.4 Å². The number of ether oxygens (including phenoxy) is 3. The fourth-order valence-corrected chi connectivity index (χ4v) is 4.54. The average molecular weight is 526 g/mol. The van der Waals surface area contributed by atoms with Crippen LogP contribution in [0.4, 0.5) is 13.2 Å². The summed E-state index contributed by atoms with van der Waals surface area (Å²) in [5.74, 6) is -0.859. The molecule has 1 unspecified atom stereocenters. The van der Waals surface area contributed by atoms with E-state index < -0.39 is 31.2 Å². The van der Waals surface area contributed by atoms with E-state index in [1.807, 2.05) is 0 Å². The van der Waals surface area contributed by atoms with Crippen molar-refractivity contribution in [1.29, 1.82) is 0 Å². The molecule has 0 amide bonds. The number of hydrogen-bond acceptors (Lipinski definition) is 5. The van der Waals surface area contributed by atoms with Crippen molar-refractivity contribution in [3.05, 3.63) is 57.9 Å². The second kappa shape index (κ2) is 11.9. The number of hydrogen-bond donors (Lipinski definition) is 1. The van der Waals surface area contributed by atoms with Crippen LogP contribution >= 0.6 is 11.6 Å². The lowest BCUT2D eigenvalue weighted by Gasteiger charge is -2.32. The number of carboxylic acid groups (broad SMARTS) is 1. The number of alkyl halides is 2. The second-order valence-electron chi connectivity index (χ2n) is 8.92. The molecule has 10 heteroatoms. The topological polar surface area (TPSA) is 68.2 Å². The lowest BCUT2D eigenvalue weighted by Crippen LogP contribution is -2.40. The number of fused-ring (bicyclic) bond motifs is 1. The Hall–Kier alpha value is -2.91. The van der Waals surface area contributed by atoms with Gasteiger partial charge in [-0.3, -0.25) is 9.69 Å². The standard InChI is InChI=1S/C26H27ClF3NO5/c27-22-7-16(3-4-24(22)36-20(10-28)11-29)14-34-19-8-23(30)21-6-17(15-35-25(21)9-19)12-31-5-1-2-18(13-31)26(32)33/h3-4,6-9,18,20H,1-2,5,10-15H2,(H,32,33). The number of halogens is 4. The van der Waals surface area contributed by atoms with Crippen molar-refractivity contribution in [3.8, 4) is 17.2 Å². The van der Waals surface area contributed by atoms with Crippen molar-refractivity contribution in [2.45, 2.75) is 25.6 Å². The summed E-state index contributed by atoms with van der Waals surface area (Å²) in [6, 6.07) is 7.59. The van der Waals surface area contributed by atoms with Crippen molar-refractivity contribution >= 4 is 23.6 Å². The number of rotatable bonds is 10. The van der Waals surface area contributed by atoms with E-state index >= 15 is 0 Å². The van der Waals surface area contributed by atoms with Gasteiger partial charge in [-0.25, -0.2) is 13.2 Å². The van der Waals surface area contributed by atoms with E-state index in [0.717, 1.165) is 18.5 Å². The summed E-state index contributed by atoms with van der Waals surface area (Å²) in [5, 5.41) is 9.47. The van der Waals surface area contributed by atoms with Crippen LogP contribution in [0.1, 0.15) is 24.0 Å². The first-order valence-corrected chi connectivity index (χ1v) is 12.0. The van der Waals surface area contributed by atoms with Gasteiger partial charge in [-0.1, -0.05) is 17.7 Å². The maximum atomic E-state index is 14.9. The molecule has 1 N–H and O–H groups in total. The van der Waals surface area contributed by atoms with Gasteiger partial charge in [0.1, 0.15) is 49.6 Å². The Labute approximate surface area is 212 Å². The third-order valence-electron chi connectivity index (χ3n) is 6.15. The summed E-state index contributed by atoms with van der Waals surface area (Å²) in [6.45, 7) is 0.214. The van der Waals surface area contributed by atoms with Crippen LogP contribution in [0, 0.1) is 11.7 Å². The molecule has 1 saturated heterocycles. The minimum absolute atomic E-state index is 0.0780. The summed E-state index contributed by atoms with van der Waals surface area (Å²) < 4.78 is 57.0. The van der Waals surface area contributed by atoms with Crippen LogP contribution in [-0.2, 0) is 11.4 Å². The largest absolute Gasteiger partial charge is 0.489 e. The number of likely N-dealkylation sites (tertiary alicyclic amines) is 1. The first-order valence-electron chi connectivity index (χ1n) is 11.7. The van der Waals surface area contributed by atoms with Gasteiger partial charge in [0.2, 0.25) is 0 Å². The van der Waals surface area contributed by atoms with Gasteiger partial charge < -0.3 is 19.3 Å². The average Bonchev–Trinajstić information content (AvgIpc) is 2.87. The molecule has 1 atom stereocenters. The normalized spacial score (nSPS) is 17.8. The molecule has 0 radical (unpaired) electrons. The van der Waals surface area contributed by atoms with E-state index in [2.05, 4.69) is 4.90 Å². The zero-order valence-electron chi connectivity index (χ0n) is 19.5. The second-order valence-corrected chi connectivity index (χ2v) is 9.33. The molecular weight excluding hydrogens is 499 g/mol. The summed E-state index contributed by atoms with van der Waals surface area (Å²) >= 11 is 6.15. The van der Waals surface area contributed by atoms with Crippen molar-refractivity contribution in [1.82, 2.24) is 4.90 Å². The predicted octanol–water partition coefficient (Wildman–Crippen LogP) is 5.32. The Morgan fingerprint density at radius 1 is 1.25 bits per heavy atom. The van der Waals surface area contributed by atoms with E-state index in [-0.39, 0.29) is 35.7 Å². The van der Waals surface area contributed by atoms with E-state index in [1.165, 1.54) is 12.1 Å². The maximum absolute atomic E-state index is 14.9. The van der Waals surface area contributed by atoms with Gasteiger partial charge in [-0.05, 0) is 48.7 Å². The Kier molecular flexibility index (Phi) is 8.64. The first kappa shape index (κ1) is 26.2. The minimum Gasteiger partial charge on any atom is -0.489 e. The quantitative estimate of drug-likeness (QED) is 0.453. The molecular formula is C26H27ClF3NO5. The van der Waals surface area contributed by atoms with Crippen LogP contribution < -0.4 is 14.2 Å². The Morgan fingerprint density at radius 3 is 2.78 bits per heavy atom. The van der Waals surface area contributed by atoms with Gasteiger partial charge in [-0.15, -0.1) is 0 Å². The predicted molar refractivity (Wildman–Crippen MR) is 129 cm³/mol. The van der Waals surface area contributed by atoms with Crippen molar-refractivity contribution < 1.29 is 37.3 Å². The summed E-state index contributed by atoms with van der Waals surface area (Å²) in [7, 11) is 0. The third-order valence-corrected chi connectivity index (χ3v) is 6.44. The molecule has 0 aliphatic carbocycles. The smallest absolute Gasteiger partial charge is 0.307 e. The number of piperidine rings is 1. The van der Waals surface area contributed by atoms with Crippen molar-refractivity contribution in [2.75, 3.05) is 39.6 Å². The van der Waals surface area contributed by atoms with E-state index in [9.17, 15) is 23.1 Å². The number of benzene rings is 2. The third kappa shape index (κ3) is 6.44. The first-order chi connectivity index (χ1) is 17.4. The highest BCUT2D eigenvalue weighted by Gasteiger charge is 2.27. The van der Waals surface area contributed by atoms with Crippen LogP contribution in [0.25, 0.3) is 6.08 Å². The zero-order valence-corrected chi connectivity index (χ0v) is 20.3. The van der Waals surface area contributed by atoms with Crippen molar-refractivity contribution in [2.24, 2.45) is 5.92 Å². The van der Waals surface area contributed by atoms with E-state index in [1.54, 1.807) is 24.3 Å². The molecule has 36 heavy (non-hydrogen) atoms. The highest BCUT2D eigenvalue weighted by atomic mass is 35.5. The Morgan fingerprint density at radius 2 is 2.06 bits per heavy atom. The molecule has 4 rings (SSSR count). The summed E-state index contributed by atoms with van der Waals surface area (Å²) in [4.78, 5) is 13.4. The molecule has 194 valence electrons. The van der Waals surface area contributed by atoms with Crippen LogP contribution in [0.15, 0.2) is 35.9 Å². The lowest BCUT2D eigenvalue weighted by molar-refractivity contribution is -0.143. The number of carbonyl (C=O) groups is 1. The van der Waals surface area contributed by atoms with Gasteiger partial charge in [0.15, 0.2) is 6.10 Å². The molecule has 2 aliphatic heterocycles. The fourth-order valence-electron chi connectivity index (χ4n) is 4.29. The molecule has 2 aromatic carbocycles. The van der Waals surface area contributed by atoms with Gasteiger partial charge >= 0.3 is 5.97 Å². The van der Waals surface area contributed by atoms with Crippen LogP contribution in [0.2, 0.25) is 5.02 Å². The van der Waals surface area contributed by atoms with Gasteiger partial charge in [0.05, 0.1) is 16.5 Å². The molecule has 0 bridgehead atoms. The molecule has 0 aromatic heterocycles. The molecule has 0 spiro atoms. The molecule has 2 aliphatic rings. The minimum atomic E-state index is -1.21.